The molecular weight excluding hydrogens is 661 g/mol. The maximum Gasteiger partial charge on any atom is 0.329 e. The fraction of sp³-hybridized carbons (Fsp3) is 0.344. The number of rotatable bonds is 6. The van der Waals surface area contributed by atoms with Gasteiger partial charge in [-0.2, -0.15) is 8.42 Å². The van der Waals surface area contributed by atoms with Gasteiger partial charge >= 0.3 is 15.9 Å². The molecular formula is C32H32FN7O8S. The quantitative estimate of drug-likeness (QED) is 0.216. The number of fused-ring (bicyclic) bond motifs is 2. The van der Waals surface area contributed by atoms with Gasteiger partial charge in [-0.25, -0.2) is 18.2 Å². The highest BCUT2D eigenvalue weighted by Gasteiger charge is 2.38. The molecule has 0 spiro atoms. The number of nitrogens with one attached hydrogen (secondary N) is 3. The van der Waals surface area contributed by atoms with E-state index in [0.717, 1.165) is 18.4 Å². The van der Waals surface area contributed by atoms with E-state index in [1.165, 1.54) is 33.4 Å². The Balaban J connectivity index is 1.05. The second kappa shape index (κ2) is 12.0. The number of carbonyl (C=O) groups is 4. The van der Waals surface area contributed by atoms with Crippen LogP contribution in [0, 0.1) is 5.82 Å². The van der Waals surface area contributed by atoms with E-state index in [1.807, 2.05) is 23.1 Å². The van der Waals surface area contributed by atoms with Gasteiger partial charge in [0.15, 0.2) is 5.82 Å². The minimum atomic E-state index is -4.35. The highest BCUT2D eigenvalue weighted by molar-refractivity contribution is 7.92. The van der Waals surface area contributed by atoms with Crippen molar-refractivity contribution < 1.29 is 37.1 Å². The van der Waals surface area contributed by atoms with E-state index in [0.29, 0.717) is 34.1 Å². The maximum absolute atomic E-state index is 15.4. The van der Waals surface area contributed by atoms with Gasteiger partial charge in [0.1, 0.15) is 24.0 Å². The predicted molar refractivity (Wildman–Crippen MR) is 176 cm³/mol. The first kappa shape index (κ1) is 32.3. The molecule has 15 nitrogen and oxygen atoms in total. The van der Waals surface area contributed by atoms with Crippen molar-refractivity contribution in [3.63, 3.8) is 0 Å². The number of carbonyl (C=O) groups excluding carboxylic acids is 4. The lowest BCUT2D eigenvalue weighted by molar-refractivity contribution is -0.135. The zero-order valence-electron chi connectivity index (χ0n) is 26.2. The lowest BCUT2D eigenvalue weighted by Crippen LogP contribution is -2.44. The summed E-state index contributed by atoms with van der Waals surface area (Å²) < 4.78 is 45.1. The summed E-state index contributed by atoms with van der Waals surface area (Å²) in [5.41, 5.74) is 1.62. The number of phenolic OH excluding ortho intramolecular Hbond substituents is 1. The Labute approximate surface area is 278 Å². The molecule has 0 aliphatic carbocycles. The topological polar surface area (TPSA) is 192 Å². The molecule has 17 heteroatoms. The Morgan fingerprint density at radius 2 is 1.84 bits per heavy atom. The van der Waals surface area contributed by atoms with E-state index < -0.39 is 51.9 Å². The summed E-state index contributed by atoms with van der Waals surface area (Å²) >= 11 is 0. The van der Waals surface area contributed by atoms with Crippen molar-refractivity contribution in [3.05, 3.63) is 64.3 Å². The number of anilines is 2. The van der Waals surface area contributed by atoms with E-state index in [1.54, 1.807) is 11.8 Å². The Hall–Kier alpha value is -5.29. The highest BCUT2D eigenvalue weighted by atomic mass is 32.2. The molecule has 4 N–H and O–H groups in total. The third-order valence-electron chi connectivity index (χ3n) is 9.36. The van der Waals surface area contributed by atoms with Gasteiger partial charge in [0.2, 0.25) is 17.7 Å². The minimum Gasteiger partial charge on any atom is -0.506 e. The molecule has 2 atom stereocenters. The number of aromatic hydroxyl groups is 1. The summed E-state index contributed by atoms with van der Waals surface area (Å²) in [6.45, 7) is 0.674. The first-order valence-corrected chi connectivity index (χ1v) is 17.1. The molecule has 3 saturated heterocycles. The van der Waals surface area contributed by atoms with Gasteiger partial charge in [-0.3, -0.25) is 38.5 Å². The number of aromatic nitrogens is 2. The van der Waals surface area contributed by atoms with Gasteiger partial charge in [0.05, 0.1) is 17.6 Å². The lowest BCUT2D eigenvalue weighted by Gasteiger charge is -2.32. The Morgan fingerprint density at radius 1 is 1.04 bits per heavy atom. The van der Waals surface area contributed by atoms with Crippen molar-refractivity contribution in [1.29, 1.82) is 0 Å². The Bertz CT molecular complexity index is 2270. The van der Waals surface area contributed by atoms with Gasteiger partial charge in [-0.15, -0.1) is 0 Å². The van der Waals surface area contributed by atoms with Gasteiger partial charge in [-0.05, 0) is 79.1 Å². The number of phenols is 1. The lowest BCUT2D eigenvalue weighted by atomic mass is 9.90. The molecule has 7 rings (SSSR count). The molecule has 0 bridgehead atoms. The third-order valence-corrected chi connectivity index (χ3v) is 10.7. The molecule has 0 saturated carbocycles. The number of likely N-dealkylation sites (tertiary alicyclic amines) is 1. The largest absolute Gasteiger partial charge is 0.506 e. The van der Waals surface area contributed by atoms with Crippen LogP contribution in [0.3, 0.4) is 0 Å². The number of aryl methyl sites for hydroxylation is 1. The van der Waals surface area contributed by atoms with Crippen molar-refractivity contribution in [2.24, 2.45) is 7.05 Å². The summed E-state index contributed by atoms with van der Waals surface area (Å²) in [4.78, 5) is 64.1. The average Bonchev–Trinajstić information content (AvgIpc) is 3.45. The molecule has 4 heterocycles. The van der Waals surface area contributed by atoms with Crippen LogP contribution in [0.2, 0.25) is 0 Å². The molecule has 1 aromatic heterocycles. The van der Waals surface area contributed by atoms with Crippen LogP contribution >= 0.6 is 0 Å². The van der Waals surface area contributed by atoms with E-state index >= 15 is 4.39 Å². The molecule has 0 radical (unpaired) electrons. The van der Waals surface area contributed by atoms with Gasteiger partial charge in [0.25, 0.3) is 5.91 Å². The zero-order valence-corrected chi connectivity index (χ0v) is 27.0. The second-order valence-electron chi connectivity index (χ2n) is 12.6. The number of benzene rings is 3. The molecule has 4 aromatic rings. The number of nitrogens with zero attached hydrogens (tertiary/aromatic N) is 4. The fourth-order valence-electron chi connectivity index (χ4n) is 7.04. The summed E-state index contributed by atoms with van der Waals surface area (Å²) in [5.74, 6) is -3.65. The number of imide groups is 1. The second-order valence-corrected chi connectivity index (χ2v) is 14.2. The Kier molecular flexibility index (Phi) is 7.90. The number of piperidine rings is 2. The summed E-state index contributed by atoms with van der Waals surface area (Å²) in [6.07, 6.45) is 2.10. The molecule has 3 aliphatic heterocycles. The monoisotopic (exact) mass is 693 g/mol. The number of hydrogen-bond acceptors (Lipinski definition) is 9. The van der Waals surface area contributed by atoms with Crippen molar-refractivity contribution >= 4 is 67.0 Å². The minimum absolute atomic E-state index is 0.0128. The highest BCUT2D eigenvalue weighted by Crippen LogP contribution is 2.39. The van der Waals surface area contributed by atoms with Gasteiger partial charge in [0, 0.05) is 31.1 Å². The average molecular weight is 694 g/mol. The van der Waals surface area contributed by atoms with Crippen LogP contribution in [-0.4, -0.2) is 77.4 Å². The van der Waals surface area contributed by atoms with Crippen molar-refractivity contribution in [2.75, 3.05) is 35.8 Å². The summed E-state index contributed by atoms with van der Waals surface area (Å²) in [7, 11) is -2.70. The molecule has 3 aliphatic rings. The smallest absolute Gasteiger partial charge is 0.329 e. The summed E-state index contributed by atoms with van der Waals surface area (Å²) in [6, 6.07) is 10.4. The van der Waals surface area contributed by atoms with Crippen LogP contribution in [0.5, 0.6) is 5.75 Å². The number of hydrogen-bond donors (Lipinski definition) is 4. The fourth-order valence-corrected chi connectivity index (χ4v) is 8.20. The van der Waals surface area contributed by atoms with Gasteiger partial charge < -0.3 is 10.4 Å². The maximum atomic E-state index is 15.4. The zero-order chi connectivity index (χ0) is 34.8. The van der Waals surface area contributed by atoms with Crippen LogP contribution in [-0.2, 0) is 36.4 Å². The van der Waals surface area contributed by atoms with Crippen molar-refractivity contribution in [2.45, 2.75) is 37.6 Å². The molecule has 256 valence electrons. The first-order chi connectivity index (χ1) is 23.3. The molecule has 3 aromatic carbocycles. The SMILES string of the molecule is Cn1c(=O)n(C2CCC(=O)NC2=O)c2ccc([C@H]3CCCN(CC(=O)Nc4ccc5c(F)c(N6CC(=O)NS6(=O)=O)c(O)cc5c4)C3)cc21. The third kappa shape index (κ3) is 5.78. The van der Waals surface area contributed by atoms with Crippen LogP contribution in [0.4, 0.5) is 15.8 Å². The molecule has 49 heavy (non-hydrogen) atoms. The van der Waals surface area contributed by atoms with E-state index in [2.05, 4.69) is 10.6 Å². The first-order valence-electron chi connectivity index (χ1n) is 15.7. The van der Waals surface area contributed by atoms with Crippen molar-refractivity contribution in [1.82, 2.24) is 24.1 Å². The van der Waals surface area contributed by atoms with Crippen LogP contribution < -0.4 is 25.4 Å². The number of halogens is 1. The van der Waals surface area contributed by atoms with Crippen LogP contribution in [0.25, 0.3) is 21.8 Å². The number of amides is 4. The normalized spacial score (nSPS) is 21.3. The van der Waals surface area contributed by atoms with Crippen LogP contribution in [0.1, 0.15) is 43.2 Å². The summed E-state index contributed by atoms with van der Waals surface area (Å²) in [5, 5.41) is 15.8. The number of imidazole rings is 1. The Morgan fingerprint density at radius 3 is 2.57 bits per heavy atom. The molecule has 4 amide bonds. The van der Waals surface area contributed by atoms with Gasteiger partial charge in [-0.1, -0.05) is 6.07 Å². The molecule has 1 unspecified atom stereocenters. The van der Waals surface area contributed by atoms with Crippen LogP contribution in [0.15, 0.2) is 47.3 Å². The van der Waals surface area contributed by atoms with Crippen molar-refractivity contribution in [3.8, 4) is 5.75 Å². The predicted octanol–water partition coefficient (Wildman–Crippen LogP) is 1.31. The van der Waals surface area contributed by atoms with E-state index in [4.69, 9.17) is 0 Å². The van der Waals surface area contributed by atoms with E-state index in [9.17, 15) is 37.5 Å². The standard InChI is InChI=1S/C32H32FN7O8S/c1-37-24-12-17(4-7-22(24)40(32(37)46)23-8-9-26(42)35-31(23)45)18-3-2-10-38(14-18)15-27(43)34-20-5-6-21-19(11-20)13-25(41)30(29(21)33)39-16-28(44)36-49(39,47)48/h4-7,11-13,18,23,41H,2-3,8-10,14-16H2,1H3,(H,34,43)(H,36,44)(H,35,42,45)/t18-,23?/m0/s1. The van der Waals surface area contributed by atoms with E-state index in [-0.39, 0.29) is 53.6 Å². The molecule has 3 fully saturated rings.